The Labute approximate surface area is 113 Å². The van der Waals surface area contributed by atoms with Gasteiger partial charge in [0.05, 0.1) is 4.75 Å². The summed E-state index contributed by atoms with van der Waals surface area (Å²) in [7, 11) is -3.09. The van der Waals surface area contributed by atoms with Gasteiger partial charge in [0.15, 0.2) is 21.3 Å². The van der Waals surface area contributed by atoms with Crippen LogP contribution in [0.5, 0.6) is 11.5 Å². The van der Waals surface area contributed by atoms with Crippen LogP contribution in [0.15, 0.2) is 18.2 Å². The Balaban J connectivity index is 2.00. The molecular formula is C13H19NO4S. The third-order valence-corrected chi connectivity index (χ3v) is 5.50. The van der Waals surface area contributed by atoms with Crippen LogP contribution in [0.2, 0.25) is 0 Å². The highest BCUT2D eigenvalue weighted by atomic mass is 32.2. The van der Waals surface area contributed by atoms with E-state index in [0.717, 1.165) is 17.1 Å². The third-order valence-electron chi connectivity index (χ3n) is 3.35. The monoisotopic (exact) mass is 285 g/mol. The van der Waals surface area contributed by atoms with Crippen molar-refractivity contribution in [2.75, 3.05) is 19.6 Å². The molecule has 0 aliphatic carbocycles. The predicted molar refractivity (Wildman–Crippen MR) is 73.2 cm³/mol. The van der Waals surface area contributed by atoms with E-state index in [1.54, 1.807) is 13.8 Å². The van der Waals surface area contributed by atoms with Crippen molar-refractivity contribution in [2.45, 2.75) is 25.1 Å². The first-order valence-electron chi connectivity index (χ1n) is 6.09. The minimum atomic E-state index is -3.09. The topological polar surface area (TPSA) is 64.6 Å². The number of ether oxygens (including phenoxy) is 2. The summed E-state index contributed by atoms with van der Waals surface area (Å²) in [4.78, 5) is 0. The maximum absolute atomic E-state index is 11.6. The molecule has 0 saturated heterocycles. The van der Waals surface area contributed by atoms with E-state index in [2.05, 4.69) is 5.32 Å². The average molecular weight is 285 g/mol. The van der Waals surface area contributed by atoms with Gasteiger partial charge in [0.2, 0.25) is 6.79 Å². The number of hydrogen-bond acceptors (Lipinski definition) is 5. The quantitative estimate of drug-likeness (QED) is 0.884. The Morgan fingerprint density at radius 2 is 2.05 bits per heavy atom. The van der Waals surface area contributed by atoms with Crippen molar-refractivity contribution in [3.8, 4) is 11.5 Å². The molecule has 0 radical (unpaired) electrons. The van der Waals surface area contributed by atoms with Crippen LogP contribution in [-0.4, -0.2) is 32.8 Å². The first-order chi connectivity index (χ1) is 8.81. The van der Waals surface area contributed by atoms with Crippen LogP contribution in [0.3, 0.4) is 0 Å². The normalized spacial score (nSPS) is 14.7. The van der Waals surface area contributed by atoms with E-state index >= 15 is 0 Å². The van der Waals surface area contributed by atoms with Gasteiger partial charge in [-0.1, -0.05) is 12.1 Å². The molecule has 0 saturated carbocycles. The number of fused-ring (bicyclic) bond motifs is 1. The smallest absolute Gasteiger partial charge is 0.231 e. The molecule has 6 heteroatoms. The Morgan fingerprint density at radius 3 is 2.74 bits per heavy atom. The molecule has 0 spiro atoms. The second-order valence-electron chi connectivity index (χ2n) is 5.29. The summed E-state index contributed by atoms with van der Waals surface area (Å²) < 4.78 is 33.1. The summed E-state index contributed by atoms with van der Waals surface area (Å²) in [5, 5.41) is 3.16. The summed E-state index contributed by atoms with van der Waals surface area (Å²) in [5.41, 5.74) is 0.972. The van der Waals surface area contributed by atoms with E-state index in [0.29, 0.717) is 13.1 Å². The largest absolute Gasteiger partial charge is 0.454 e. The molecule has 0 amide bonds. The summed E-state index contributed by atoms with van der Waals surface area (Å²) in [5.74, 6) is 1.48. The number of sulfone groups is 1. The lowest BCUT2D eigenvalue weighted by atomic mass is 10.1. The molecule has 1 aromatic carbocycles. The second-order valence-corrected chi connectivity index (χ2v) is 7.94. The van der Waals surface area contributed by atoms with Crippen molar-refractivity contribution in [1.29, 1.82) is 0 Å². The fraction of sp³-hybridized carbons (Fsp3) is 0.538. The molecule has 1 aliphatic heterocycles. The Morgan fingerprint density at radius 1 is 1.32 bits per heavy atom. The fourth-order valence-electron chi connectivity index (χ4n) is 1.76. The molecule has 5 nitrogen and oxygen atoms in total. The van der Waals surface area contributed by atoms with Gasteiger partial charge in [0.25, 0.3) is 0 Å². The van der Waals surface area contributed by atoms with Gasteiger partial charge in [-0.15, -0.1) is 0 Å². The Hall–Kier alpha value is -1.27. The molecule has 0 fully saturated rings. The Kier molecular flexibility index (Phi) is 3.73. The average Bonchev–Trinajstić information content (AvgIpc) is 2.76. The van der Waals surface area contributed by atoms with Crippen LogP contribution < -0.4 is 14.8 Å². The summed E-state index contributed by atoms with van der Waals surface area (Å²) in [6.07, 6.45) is 1.26. The molecule has 0 aromatic heterocycles. The van der Waals surface area contributed by atoms with Crippen LogP contribution in [0, 0.1) is 0 Å². The van der Waals surface area contributed by atoms with Crippen LogP contribution in [0.25, 0.3) is 0 Å². The zero-order valence-electron chi connectivity index (χ0n) is 11.4. The van der Waals surface area contributed by atoms with E-state index in [1.165, 1.54) is 6.26 Å². The van der Waals surface area contributed by atoms with Gasteiger partial charge in [-0.05, 0) is 19.9 Å². The van der Waals surface area contributed by atoms with Gasteiger partial charge < -0.3 is 14.8 Å². The number of rotatable bonds is 5. The number of nitrogens with one attached hydrogen (secondary N) is 1. The summed E-state index contributed by atoms with van der Waals surface area (Å²) >= 11 is 0. The molecule has 1 aromatic rings. The van der Waals surface area contributed by atoms with E-state index < -0.39 is 14.6 Å². The van der Waals surface area contributed by atoms with Crippen LogP contribution in [0.4, 0.5) is 0 Å². The molecule has 1 heterocycles. The Bertz CT molecular complexity index is 566. The maximum Gasteiger partial charge on any atom is 0.231 e. The second kappa shape index (κ2) is 5.02. The van der Waals surface area contributed by atoms with Gasteiger partial charge >= 0.3 is 0 Å². The van der Waals surface area contributed by atoms with Gasteiger partial charge in [0, 0.05) is 24.9 Å². The lowest BCUT2D eigenvalue weighted by Gasteiger charge is -2.23. The van der Waals surface area contributed by atoms with Crippen molar-refractivity contribution in [3.05, 3.63) is 23.8 Å². The first-order valence-corrected chi connectivity index (χ1v) is 7.98. The molecule has 0 unspecified atom stereocenters. The third kappa shape index (κ3) is 3.01. The maximum atomic E-state index is 11.6. The first kappa shape index (κ1) is 14.1. The number of hydrogen-bond donors (Lipinski definition) is 1. The van der Waals surface area contributed by atoms with Crippen LogP contribution in [0.1, 0.15) is 19.4 Å². The van der Waals surface area contributed by atoms with E-state index in [-0.39, 0.29) is 6.79 Å². The van der Waals surface area contributed by atoms with Gasteiger partial charge in [0.1, 0.15) is 0 Å². The highest BCUT2D eigenvalue weighted by molar-refractivity contribution is 7.92. The number of benzene rings is 1. The lowest BCUT2D eigenvalue weighted by Crippen LogP contribution is -2.41. The molecule has 19 heavy (non-hydrogen) atoms. The molecular weight excluding hydrogens is 266 g/mol. The highest BCUT2D eigenvalue weighted by Gasteiger charge is 2.29. The van der Waals surface area contributed by atoms with E-state index in [4.69, 9.17) is 9.47 Å². The zero-order valence-corrected chi connectivity index (χ0v) is 12.2. The number of para-hydroxylation sites is 1. The van der Waals surface area contributed by atoms with Crippen molar-refractivity contribution in [1.82, 2.24) is 5.32 Å². The minimum Gasteiger partial charge on any atom is -0.454 e. The van der Waals surface area contributed by atoms with Crippen LogP contribution >= 0.6 is 0 Å². The predicted octanol–water partition coefficient (Wildman–Crippen LogP) is 1.33. The van der Waals surface area contributed by atoms with E-state index in [1.807, 2.05) is 18.2 Å². The van der Waals surface area contributed by atoms with Crippen LogP contribution in [-0.2, 0) is 16.4 Å². The molecule has 0 bridgehead atoms. The highest BCUT2D eigenvalue weighted by Crippen LogP contribution is 2.35. The standard InChI is InChI=1S/C13H19NO4S/c1-13(2,19(3,15)16)8-14-7-10-5-4-6-11-12(10)18-9-17-11/h4-6,14H,7-9H2,1-3H3. The van der Waals surface area contributed by atoms with Crippen molar-refractivity contribution in [3.63, 3.8) is 0 Å². The molecule has 1 aliphatic rings. The molecule has 2 rings (SSSR count). The molecule has 106 valence electrons. The summed E-state index contributed by atoms with van der Waals surface area (Å²) in [6, 6.07) is 5.69. The van der Waals surface area contributed by atoms with Crippen molar-refractivity contribution in [2.24, 2.45) is 0 Å². The van der Waals surface area contributed by atoms with Gasteiger partial charge in [-0.25, -0.2) is 8.42 Å². The zero-order chi connectivity index (χ0) is 14.1. The molecule has 1 N–H and O–H groups in total. The van der Waals surface area contributed by atoms with E-state index in [9.17, 15) is 8.42 Å². The lowest BCUT2D eigenvalue weighted by molar-refractivity contribution is 0.173. The fourth-order valence-corrected chi connectivity index (χ4v) is 2.12. The molecule has 0 atom stereocenters. The minimum absolute atomic E-state index is 0.237. The summed E-state index contributed by atoms with van der Waals surface area (Å²) in [6.45, 7) is 4.59. The van der Waals surface area contributed by atoms with Gasteiger partial charge in [-0.3, -0.25) is 0 Å². The van der Waals surface area contributed by atoms with Crippen molar-refractivity contribution >= 4 is 9.84 Å². The SMILES string of the molecule is CC(C)(CNCc1cccc2c1OCO2)S(C)(=O)=O. The van der Waals surface area contributed by atoms with Gasteiger partial charge in [-0.2, -0.15) is 0 Å². The van der Waals surface area contributed by atoms with Crippen molar-refractivity contribution < 1.29 is 17.9 Å².